The fourth-order valence-electron chi connectivity index (χ4n) is 2.45. The van der Waals surface area contributed by atoms with Crippen molar-refractivity contribution >= 4 is 22.4 Å². The molecule has 1 fully saturated rings. The topological polar surface area (TPSA) is 59.2 Å². The lowest BCUT2D eigenvalue weighted by molar-refractivity contribution is 0.0777. The molecule has 1 amide bonds. The van der Waals surface area contributed by atoms with Gasteiger partial charge in [-0.15, -0.1) is 0 Å². The maximum Gasteiger partial charge on any atom is 0.265 e. The van der Waals surface area contributed by atoms with Gasteiger partial charge in [-0.2, -0.15) is 0 Å². The Morgan fingerprint density at radius 3 is 2.71 bits per heavy atom. The Bertz CT molecular complexity index is 410. The predicted molar refractivity (Wildman–Crippen MR) is 70.2 cm³/mol. The van der Waals surface area contributed by atoms with Gasteiger partial charge in [-0.05, 0) is 25.7 Å². The average molecular weight is 253 g/mol. The first kappa shape index (κ1) is 12.4. The summed E-state index contributed by atoms with van der Waals surface area (Å²) in [6, 6.07) is 0. The van der Waals surface area contributed by atoms with Gasteiger partial charge in [-0.1, -0.05) is 24.2 Å². The number of rotatable bonds is 3. The molecule has 1 aromatic rings. The molecule has 0 atom stereocenters. The zero-order valence-electron chi connectivity index (χ0n) is 10.4. The second-order valence-corrected chi connectivity index (χ2v) is 5.83. The summed E-state index contributed by atoms with van der Waals surface area (Å²) in [5.74, 6) is 0.734. The van der Waals surface area contributed by atoms with Crippen LogP contribution < -0.4 is 5.73 Å². The Labute approximate surface area is 106 Å². The van der Waals surface area contributed by atoms with Crippen molar-refractivity contribution in [2.45, 2.75) is 32.6 Å². The third kappa shape index (κ3) is 2.77. The fourth-order valence-corrected chi connectivity index (χ4v) is 3.28. The zero-order chi connectivity index (χ0) is 12.4. The first-order valence-electron chi connectivity index (χ1n) is 6.06. The van der Waals surface area contributed by atoms with Crippen molar-refractivity contribution < 1.29 is 4.79 Å². The third-order valence-corrected chi connectivity index (χ3v) is 4.34. The van der Waals surface area contributed by atoms with E-state index in [9.17, 15) is 4.79 Å². The zero-order valence-corrected chi connectivity index (χ0v) is 11.2. The van der Waals surface area contributed by atoms with Crippen molar-refractivity contribution in [1.82, 2.24) is 9.88 Å². The lowest BCUT2D eigenvalue weighted by Crippen LogP contribution is -2.31. The van der Waals surface area contributed by atoms with Gasteiger partial charge in [0.2, 0.25) is 0 Å². The lowest BCUT2D eigenvalue weighted by atomic mass is 10.1. The van der Waals surface area contributed by atoms with E-state index >= 15 is 0 Å². The molecule has 0 unspecified atom stereocenters. The molecular formula is C12H19N3OS. The maximum absolute atomic E-state index is 12.2. The van der Waals surface area contributed by atoms with E-state index in [4.69, 9.17) is 5.73 Å². The Morgan fingerprint density at radius 1 is 1.53 bits per heavy atom. The molecular weight excluding hydrogens is 234 g/mol. The molecule has 0 radical (unpaired) electrons. The van der Waals surface area contributed by atoms with E-state index in [0.717, 1.165) is 12.2 Å². The van der Waals surface area contributed by atoms with Crippen LogP contribution in [0.2, 0.25) is 0 Å². The summed E-state index contributed by atoms with van der Waals surface area (Å²) in [5, 5.41) is 0.472. The number of nitrogens with zero attached hydrogens (tertiary/aromatic N) is 2. The number of nitrogens with two attached hydrogens (primary N) is 1. The number of thiazole rings is 1. The Kier molecular flexibility index (Phi) is 3.66. The van der Waals surface area contributed by atoms with Gasteiger partial charge in [-0.25, -0.2) is 4.98 Å². The largest absolute Gasteiger partial charge is 0.375 e. The molecule has 1 aliphatic carbocycles. The number of aromatic nitrogens is 1. The van der Waals surface area contributed by atoms with Gasteiger partial charge >= 0.3 is 0 Å². The molecule has 4 nitrogen and oxygen atoms in total. The van der Waals surface area contributed by atoms with E-state index in [-0.39, 0.29) is 5.91 Å². The van der Waals surface area contributed by atoms with Crippen molar-refractivity contribution in [3.63, 3.8) is 0 Å². The summed E-state index contributed by atoms with van der Waals surface area (Å²) in [6.07, 6.45) is 5.11. The molecule has 1 aliphatic rings. The summed E-state index contributed by atoms with van der Waals surface area (Å²) >= 11 is 1.28. The van der Waals surface area contributed by atoms with Crippen molar-refractivity contribution in [3.05, 3.63) is 10.6 Å². The minimum Gasteiger partial charge on any atom is -0.375 e. The third-order valence-electron chi connectivity index (χ3n) is 3.36. The van der Waals surface area contributed by atoms with Crippen LogP contribution in [0.1, 0.15) is 41.0 Å². The average Bonchev–Trinajstić information content (AvgIpc) is 2.87. The van der Waals surface area contributed by atoms with Gasteiger partial charge in [0.25, 0.3) is 5.91 Å². The van der Waals surface area contributed by atoms with Crippen molar-refractivity contribution in [2.24, 2.45) is 5.92 Å². The van der Waals surface area contributed by atoms with Gasteiger partial charge in [0.1, 0.15) is 4.88 Å². The Morgan fingerprint density at radius 2 is 2.18 bits per heavy atom. The predicted octanol–water partition coefficient (Wildman–Crippen LogP) is 2.30. The molecule has 0 spiro atoms. The molecule has 0 bridgehead atoms. The summed E-state index contributed by atoms with van der Waals surface area (Å²) in [6.45, 7) is 2.69. The smallest absolute Gasteiger partial charge is 0.265 e. The molecule has 17 heavy (non-hydrogen) atoms. The molecule has 94 valence electrons. The number of hydrogen-bond donors (Lipinski definition) is 1. The number of aryl methyl sites for hydroxylation is 1. The van der Waals surface area contributed by atoms with Crippen LogP contribution in [0, 0.1) is 12.8 Å². The van der Waals surface area contributed by atoms with Gasteiger partial charge in [-0.3, -0.25) is 4.79 Å². The second-order valence-electron chi connectivity index (χ2n) is 4.80. The van der Waals surface area contributed by atoms with E-state index in [1.54, 1.807) is 0 Å². The molecule has 2 rings (SSSR count). The summed E-state index contributed by atoms with van der Waals surface area (Å²) in [7, 11) is 1.87. The van der Waals surface area contributed by atoms with Crippen LogP contribution in [-0.2, 0) is 0 Å². The van der Waals surface area contributed by atoms with E-state index in [2.05, 4.69) is 4.98 Å². The standard InChI is InChI=1S/C12H19N3OS/c1-8-10(17-12(13)14-8)11(16)15(2)7-9-5-3-4-6-9/h9H,3-7H2,1-2H3,(H2,13,14). The summed E-state index contributed by atoms with van der Waals surface area (Å²) in [5.41, 5.74) is 6.36. The highest BCUT2D eigenvalue weighted by molar-refractivity contribution is 7.17. The maximum atomic E-state index is 12.2. The van der Waals surface area contributed by atoms with E-state index in [1.807, 2.05) is 18.9 Å². The minimum absolute atomic E-state index is 0.0589. The van der Waals surface area contributed by atoms with Gasteiger partial charge < -0.3 is 10.6 Å². The molecule has 1 aromatic heterocycles. The lowest BCUT2D eigenvalue weighted by Gasteiger charge is -2.20. The molecule has 5 heteroatoms. The molecule has 0 saturated heterocycles. The van der Waals surface area contributed by atoms with Gasteiger partial charge in [0.05, 0.1) is 5.69 Å². The molecule has 0 aromatic carbocycles. The van der Waals surface area contributed by atoms with Crippen LogP contribution >= 0.6 is 11.3 Å². The Hall–Kier alpha value is -1.10. The number of carbonyl (C=O) groups is 1. The number of amides is 1. The summed E-state index contributed by atoms with van der Waals surface area (Å²) in [4.78, 5) is 18.8. The normalized spacial score (nSPS) is 16.4. The van der Waals surface area contributed by atoms with Gasteiger partial charge in [0.15, 0.2) is 5.13 Å². The van der Waals surface area contributed by atoms with E-state index < -0.39 is 0 Å². The van der Waals surface area contributed by atoms with E-state index in [1.165, 1.54) is 37.0 Å². The number of carbonyl (C=O) groups excluding carboxylic acids is 1. The highest BCUT2D eigenvalue weighted by Gasteiger charge is 2.22. The quantitative estimate of drug-likeness (QED) is 0.899. The van der Waals surface area contributed by atoms with Crippen LogP contribution in [0.25, 0.3) is 0 Å². The fraction of sp³-hybridized carbons (Fsp3) is 0.667. The highest BCUT2D eigenvalue weighted by Crippen LogP contribution is 2.27. The van der Waals surface area contributed by atoms with Crippen LogP contribution in [0.5, 0.6) is 0 Å². The molecule has 2 N–H and O–H groups in total. The first-order chi connectivity index (χ1) is 8.08. The molecule has 0 aliphatic heterocycles. The number of hydrogen-bond acceptors (Lipinski definition) is 4. The minimum atomic E-state index is 0.0589. The van der Waals surface area contributed by atoms with E-state index in [0.29, 0.717) is 15.9 Å². The van der Waals surface area contributed by atoms with Crippen LogP contribution in [0.3, 0.4) is 0 Å². The van der Waals surface area contributed by atoms with Crippen molar-refractivity contribution in [1.29, 1.82) is 0 Å². The first-order valence-corrected chi connectivity index (χ1v) is 6.88. The molecule has 1 heterocycles. The van der Waals surface area contributed by atoms with Crippen LogP contribution in [0.4, 0.5) is 5.13 Å². The van der Waals surface area contributed by atoms with Crippen molar-refractivity contribution in [3.8, 4) is 0 Å². The van der Waals surface area contributed by atoms with Gasteiger partial charge in [0, 0.05) is 13.6 Å². The highest BCUT2D eigenvalue weighted by atomic mass is 32.1. The van der Waals surface area contributed by atoms with Crippen LogP contribution in [0.15, 0.2) is 0 Å². The monoisotopic (exact) mass is 253 g/mol. The number of anilines is 1. The number of nitrogen functional groups attached to an aromatic ring is 1. The summed E-state index contributed by atoms with van der Waals surface area (Å²) < 4.78 is 0. The molecule has 1 saturated carbocycles. The van der Waals surface area contributed by atoms with Crippen LogP contribution in [-0.4, -0.2) is 29.4 Å². The van der Waals surface area contributed by atoms with Crippen molar-refractivity contribution in [2.75, 3.05) is 19.3 Å². The SMILES string of the molecule is Cc1nc(N)sc1C(=O)N(C)CC1CCCC1. The Balaban J connectivity index is 2.01. The second kappa shape index (κ2) is 5.04.